The van der Waals surface area contributed by atoms with Gasteiger partial charge in [0.05, 0.1) is 6.61 Å². The second-order valence-electron chi connectivity index (χ2n) is 6.90. The van der Waals surface area contributed by atoms with E-state index in [0.29, 0.717) is 5.92 Å². The van der Waals surface area contributed by atoms with Crippen molar-refractivity contribution in [2.24, 2.45) is 5.92 Å². The summed E-state index contributed by atoms with van der Waals surface area (Å²) in [5.74, 6) is 1.57. The van der Waals surface area contributed by atoms with Gasteiger partial charge in [0.2, 0.25) is 0 Å². The number of nitrogens with one attached hydrogen (secondary N) is 1. The normalized spacial score (nSPS) is 14.3. The SMILES string of the molecule is CNCC(CCc1ccccc1)COc1ccc2c(c1)CCCC2.Cl. The summed E-state index contributed by atoms with van der Waals surface area (Å²) in [6.07, 6.45) is 7.35. The zero-order valence-corrected chi connectivity index (χ0v) is 16.0. The third kappa shape index (κ3) is 6.05. The molecule has 0 aliphatic heterocycles. The van der Waals surface area contributed by atoms with E-state index in [1.165, 1.54) is 42.4 Å². The van der Waals surface area contributed by atoms with E-state index in [2.05, 4.69) is 53.8 Å². The lowest BCUT2D eigenvalue weighted by atomic mass is 9.92. The summed E-state index contributed by atoms with van der Waals surface area (Å²) >= 11 is 0. The van der Waals surface area contributed by atoms with Gasteiger partial charge in [0, 0.05) is 12.5 Å². The third-order valence-corrected chi connectivity index (χ3v) is 4.98. The van der Waals surface area contributed by atoms with Gasteiger partial charge in [-0.1, -0.05) is 36.4 Å². The van der Waals surface area contributed by atoms with Crippen molar-refractivity contribution in [2.75, 3.05) is 20.2 Å². The molecule has 0 heterocycles. The van der Waals surface area contributed by atoms with E-state index in [4.69, 9.17) is 4.74 Å². The van der Waals surface area contributed by atoms with Gasteiger partial charge in [0.1, 0.15) is 5.75 Å². The van der Waals surface area contributed by atoms with Gasteiger partial charge in [0.15, 0.2) is 0 Å². The smallest absolute Gasteiger partial charge is 0.119 e. The summed E-state index contributed by atoms with van der Waals surface area (Å²) in [7, 11) is 2.02. The zero-order valence-electron chi connectivity index (χ0n) is 15.2. The van der Waals surface area contributed by atoms with Crippen molar-refractivity contribution in [2.45, 2.75) is 38.5 Å². The predicted octanol–water partition coefficient (Wildman–Crippen LogP) is 4.83. The second-order valence-corrected chi connectivity index (χ2v) is 6.90. The molecule has 1 aliphatic carbocycles. The molecule has 1 atom stereocenters. The number of rotatable bonds is 8. The molecule has 1 N–H and O–H groups in total. The molecule has 3 heteroatoms. The van der Waals surface area contributed by atoms with Crippen LogP contribution in [0.3, 0.4) is 0 Å². The Hall–Kier alpha value is -1.51. The molecule has 0 radical (unpaired) electrons. The van der Waals surface area contributed by atoms with E-state index in [1.54, 1.807) is 0 Å². The summed E-state index contributed by atoms with van der Waals surface area (Å²) in [6.45, 7) is 1.78. The highest BCUT2D eigenvalue weighted by molar-refractivity contribution is 5.85. The Kier molecular flexibility index (Phi) is 8.30. The van der Waals surface area contributed by atoms with Crippen molar-refractivity contribution in [3.63, 3.8) is 0 Å². The van der Waals surface area contributed by atoms with Crippen molar-refractivity contribution in [3.05, 3.63) is 65.2 Å². The summed E-state index contributed by atoms with van der Waals surface area (Å²) < 4.78 is 6.14. The number of ether oxygens (including phenoxy) is 1. The number of hydrogen-bond donors (Lipinski definition) is 1. The molecule has 0 spiro atoms. The molecular formula is C22H30ClNO. The minimum Gasteiger partial charge on any atom is -0.493 e. The Balaban J connectivity index is 0.00000225. The summed E-state index contributed by atoms with van der Waals surface area (Å²) in [5.41, 5.74) is 4.42. The molecule has 0 aromatic heterocycles. The average Bonchev–Trinajstić information content (AvgIpc) is 2.64. The number of aryl methyl sites for hydroxylation is 3. The molecule has 2 aromatic rings. The first-order chi connectivity index (χ1) is 11.8. The van der Waals surface area contributed by atoms with Gasteiger partial charge in [-0.05, 0) is 74.4 Å². The van der Waals surface area contributed by atoms with Gasteiger partial charge in [-0.15, -0.1) is 12.4 Å². The first-order valence-electron chi connectivity index (χ1n) is 9.28. The Morgan fingerprint density at radius 1 is 1.00 bits per heavy atom. The van der Waals surface area contributed by atoms with Crippen LogP contribution in [0.5, 0.6) is 5.75 Å². The highest BCUT2D eigenvalue weighted by atomic mass is 35.5. The third-order valence-electron chi connectivity index (χ3n) is 4.98. The quantitative estimate of drug-likeness (QED) is 0.728. The number of hydrogen-bond acceptors (Lipinski definition) is 2. The maximum absolute atomic E-state index is 6.14. The van der Waals surface area contributed by atoms with Crippen LogP contribution in [-0.2, 0) is 19.3 Å². The van der Waals surface area contributed by atoms with Gasteiger partial charge in [-0.3, -0.25) is 0 Å². The largest absolute Gasteiger partial charge is 0.493 e. The van der Waals surface area contributed by atoms with Crippen molar-refractivity contribution in [1.29, 1.82) is 0 Å². The molecule has 0 saturated carbocycles. The lowest BCUT2D eigenvalue weighted by Crippen LogP contribution is -2.25. The van der Waals surface area contributed by atoms with Crippen LogP contribution in [0.25, 0.3) is 0 Å². The molecule has 0 amide bonds. The lowest BCUT2D eigenvalue weighted by Gasteiger charge is -2.20. The molecule has 0 bridgehead atoms. The number of benzene rings is 2. The first kappa shape index (κ1) is 19.8. The first-order valence-corrected chi connectivity index (χ1v) is 9.28. The monoisotopic (exact) mass is 359 g/mol. The van der Waals surface area contributed by atoms with E-state index >= 15 is 0 Å². The maximum Gasteiger partial charge on any atom is 0.119 e. The predicted molar refractivity (Wildman–Crippen MR) is 108 cm³/mol. The van der Waals surface area contributed by atoms with Crippen molar-refractivity contribution in [1.82, 2.24) is 5.32 Å². The maximum atomic E-state index is 6.14. The number of fused-ring (bicyclic) bond motifs is 1. The highest BCUT2D eigenvalue weighted by Crippen LogP contribution is 2.25. The van der Waals surface area contributed by atoms with Crippen LogP contribution in [0.1, 0.15) is 36.0 Å². The van der Waals surface area contributed by atoms with Crippen LogP contribution >= 0.6 is 12.4 Å². The molecule has 1 aliphatic rings. The molecular weight excluding hydrogens is 330 g/mol. The molecule has 0 fully saturated rings. The molecule has 25 heavy (non-hydrogen) atoms. The van der Waals surface area contributed by atoms with Gasteiger partial charge in [-0.25, -0.2) is 0 Å². The van der Waals surface area contributed by atoms with E-state index in [1.807, 2.05) is 7.05 Å². The summed E-state index contributed by atoms with van der Waals surface area (Å²) in [6, 6.07) is 17.4. The van der Waals surface area contributed by atoms with Crippen LogP contribution in [0.4, 0.5) is 0 Å². The molecule has 2 nitrogen and oxygen atoms in total. The molecule has 0 saturated heterocycles. The minimum atomic E-state index is 0. The standard InChI is InChI=1S/C22H29NO.ClH/c1-23-16-19(12-11-18-7-3-2-4-8-18)17-24-22-14-13-20-9-5-6-10-21(20)15-22;/h2-4,7-8,13-15,19,23H,5-6,9-12,16-17H2,1H3;1H. The average molecular weight is 360 g/mol. The van der Waals surface area contributed by atoms with Gasteiger partial charge >= 0.3 is 0 Å². The van der Waals surface area contributed by atoms with E-state index < -0.39 is 0 Å². The molecule has 1 unspecified atom stereocenters. The van der Waals surface area contributed by atoms with Gasteiger partial charge in [-0.2, -0.15) is 0 Å². The van der Waals surface area contributed by atoms with Gasteiger partial charge < -0.3 is 10.1 Å². The van der Waals surface area contributed by atoms with Crippen LogP contribution < -0.4 is 10.1 Å². The zero-order chi connectivity index (χ0) is 16.6. The van der Waals surface area contributed by atoms with Crippen LogP contribution in [0.2, 0.25) is 0 Å². The Morgan fingerprint density at radius 2 is 1.76 bits per heavy atom. The van der Waals surface area contributed by atoms with Crippen molar-refractivity contribution in [3.8, 4) is 5.75 Å². The van der Waals surface area contributed by atoms with Crippen LogP contribution in [-0.4, -0.2) is 20.2 Å². The van der Waals surface area contributed by atoms with Crippen molar-refractivity contribution >= 4 is 12.4 Å². The fraction of sp³-hybridized carbons (Fsp3) is 0.455. The van der Waals surface area contributed by atoms with E-state index in [0.717, 1.165) is 31.7 Å². The van der Waals surface area contributed by atoms with E-state index in [-0.39, 0.29) is 12.4 Å². The lowest BCUT2D eigenvalue weighted by molar-refractivity contribution is 0.238. The fourth-order valence-corrected chi connectivity index (χ4v) is 3.56. The Bertz CT molecular complexity index is 629. The number of halogens is 1. The van der Waals surface area contributed by atoms with Crippen LogP contribution in [0, 0.1) is 5.92 Å². The fourth-order valence-electron chi connectivity index (χ4n) is 3.56. The van der Waals surface area contributed by atoms with Crippen molar-refractivity contribution < 1.29 is 4.74 Å². The highest BCUT2D eigenvalue weighted by Gasteiger charge is 2.12. The topological polar surface area (TPSA) is 21.3 Å². The Morgan fingerprint density at radius 3 is 2.52 bits per heavy atom. The second kappa shape index (κ2) is 10.5. The summed E-state index contributed by atoms with van der Waals surface area (Å²) in [5, 5.41) is 3.31. The van der Waals surface area contributed by atoms with Gasteiger partial charge in [0.25, 0.3) is 0 Å². The summed E-state index contributed by atoms with van der Waals surface area (Å²) in [4.78, 5) is 0. The van der Waals surface area contributed by atoms with E-state index in [9.17, 15) is 0 Å². The Labute approximate surface area is 158 Å². The molecule has 2 aromatic carbocycles. The molecule has 136 valence electrons. The molecule has 3 rings (SSSR count). The van der Waals surface area contributed by atoms with Crippen LogP contribution in [0.15, 0.2) is 48.5 Å². The minimum absolute atomic E-state index is 0.